The molecular formula is C18H17FN6O4S. The van der Waals surface area contributed by atoms with Crippen LogP contribution in [-0.2, 0) is 6.54 Å². The Hall–Kier alpha value is -3.38. The quantitative estimate of drug-likeness (QED) is 0.536. The zero-order chi connectivity index (χ0) is 21.1. The fourth-order valence-corrected chi connectivity index (χ4v) is 3.21. The minimum Gasteiger partial charge on any atom is -0.417 e. The zero-order valence-corrected chi connectivity index (χ0v) is 16.8. The number of nitrogens with zero attached hydrogens (tertiary/aromatic N) is 4. The number of fused-ring (bicyclic) bond motifs is 1. The number of anilines is 1. The molecule has 3 aromatic heterocycles. The minimum absolute atomic E-state index is 0.0110. The largest absolute Gasteiger partial charge is 0.417 e. The molecule has 3 aromatic rings. The van der Waals surface area contributed by atoms with Gasteiger partial charge < -0.3 is 13.9 Å². The van der Waals surface area contributed by atoms with E-state index in [1.165, 1.54) is 41.9 Å². The van der Waals surface area contributed by atoms with Gasteiger partial charge >= 0.3 is 12.2 Å². The Morgan fingerprint density at radius 1 is 1.33 bits per heavy atom. The van der Waals surface area contributed by atoms with E-state index >= 15 is 0 Å². The molecule has 2 N–H and O–H groups in total. The molecule has 1 aliphatic rings. The first-order valence-electron chi connectivity index (χ1n) is 8.84. The van der Waals surface area contributed by atoms with Crippen molar-refractivity contribution in [2.75, 3.05) is 11.8 Å². The van der Waals surface area contributed by atoms with E-state index in [1.54, 1.807) is 14.0 Å². The molecule has 4 rings (SSSR count). The van der Waals surface area contributed by atoms with Crippen LogP contribution in [0.2, 0.25) is 0 Å². The minimum atomic E-state index is -0.625. The lowest BCUT2D eigenvalue weighted by Gasteiger charge is -2.33. The summed E-state index contributed by atoms with van der Waals surface area (Å²) in [5.74, 6) is 0.0868. The van der Waals surface area contributed by atoms with Crippen molar-refractivity contribution < 1.29 is 23.1 Å². The number of aromatic nitrogens is 3. The summed E-state index contributed by atoms with van der Waals surface area (Å²) < 4.78 is 36.1. The summed E-state index contributed by atoms with van der Waals surface area (Å²) in [5, 5.41) is 0. The van der Waals surface area contributed by atoms with Gasteiger partial charge in [0, 0.05) is 30.0 Å². The normalized spacial score (nSPS) is 15.5. The maximum Gasteiger partial charge on any atom is 0.416 e. The average Bonchev–Trinajstić information content (AvgIpc) is 3.24. The third-order valence-corrected chi connectivity index (χ3v) is 4.83. The maximum absolute atomic E-state index is 14.7. The van der Waals surface area contributed by atoms with Crippen LogP contribution in [0.1, 0.15) is 24.2 Å². The van der Waals surface area contributed by atoms with Crippen LogP contribution in [-0.4, -0.2) is 33.0 Å². The van der Waals surface area contributed by atoms with E-state index in [0.717, 1.165) is 12.1 Å². The number of nitrogens with one attached hydrogen (secondary N) is 2. The summed E-state index contributed by atoms with van der Waals surface area (Å²) in [5.41, 5.74) is 0.813. The molecule has 0 radical (unpaired) electrons. The topological polar surface area (TPSA) is 115 Å². The maximum atomic E-state index is 14.7. The Labute approximate surface area is 175 Å². The average molecular weight is 432 g/mol. The molecule has 0 fully saturated rings. The van der Waals surface area contributed by atoms with Gasteiger partial charge in [0.2, 0.25) is 0 Å². The molecule has 156 valence electrons. The van der Waals surface area contributed by atoms with E-state index in [9.17, 15) is 9.18 Å². The highest BCUT2D eigenvalue weighted by Crippen LogP contribution is 2.37. The Kier molecular flexibility index (Phi) is 5.68. The summed E-state index contributed by atoms with van der Waals surface area (Å²) in [4.78, 5) is 26.2. The lowest BCUT2D eigenvalue weighted by molar-refractivity contribution is 0.114. The Balaban J connectivity index is 1.54. The molecule has 0 saturated heterocycles. The Bertz CT molecular complexity index is 1050. The second-order valence-electron chi connectivity index (χ2n) is 6.17. The summed E-state index contributed by atoms with van der Waals surface area (Å²) in [6.07, 6.45) is 5.18. The fourth-order valence-electron chi connectivity index (χ4n) is 2.87. The SMILES string of the molecule is CNSNc1nccc(CN2C(=O)Oc3cc(Oc4ncco4)cnc3C2C)c1F. The van der Waals surface area contributed by atoms with Crippen LogP contribution in [0.25, 0.3) is 0 Å². The predicted octanol–water partition coefficient (Wildman–Crippen LogP) is 3.67. The molecule has 0 bridgehead atoms. The molecule has 4 heterocycles. The van der Waals surface area contributed by atoms with E-state index in [1.807, 2.05) is 0 Å². The molecule has 0 spiro atoms. The first-order chi connectivity index (χ1) is 14.6. The van der Waals surface area contributed by atoms with Crippen LogP contribution in [0.15, 0.2) is 41.4 Å². The second kappa shape index (κ2) is 8.55. The smallest absolute Gasteiger partial charge is 0.416 e. The molecule has 12 heteroatoms. The van der Waals surface area contributed by atoms with Crippen molar-refractivity contribution in [2.24, 2.45) is 0 Å². The van der Waals surface area contributed by atoms with Crippen molar-refractivity contribution in [2.45, 2.75) is 19.5 Å². The molecule has 0 saturated carbocycles. The van der Waals surface area contributed by atoms with Crippen LogP contribution >= 0.6 is 12.1 Å². The second-order valence-corrected chi connectivity index (χ2v) is 6.98. The number of carbonyl (C=O) groups excluding carboxylic acids is 1. The van der Waals surface area contributed by atoms with Gasteiger partial charge in [-0.3, -0.25) is 14.6 Å². The standard InChI is InChI=1S/C18H17FN6O4S/c1-10-15-13(7-12(8-23-15)28-17-22-5-6-27-17)29-18(26)25(10)9-11-3-4-21-16(14(11)19)24-30-20-2/h3-8,10,20H,9H2,1-2H3,(H,21,24). The van der Waals surface area contributed by atoms with Crippen molar-refractivity contribution in [3.63, 3.8) is 0 Å². The Morgan fingerprint density at radius 2 is 2.20 bits per heavy atom. The van der Waals surface area contributed by atoms with Gasteiger partial charge in [0.1, 0.15) is 12.0 Å². The summed E-state index contributed by atoms with van der Waals surface area (Å²) in [6.45, 7) is 1.78. The van der Waals surface area contributed by atoms with Crippen molar-refractivity contribution >= 4 is 24.0 Å². The van der Waals surface area contributed by atoms with E-state index in [0.29, 0.717) is 17.0 Å². The lowest BCUT2D eigenvalue weighted by atomic mass is 10.1. The monoisotopic (exact) mass is 432 g/mol. The predicted molar refractivity (Wildman–Crippen MR) is 105 cm³/mol. The third-order valence-electron chi connectivity index (χ3n) is 4.33. The van der Waals surface area contributed by atoms with E-state index in [-0.39, 0.29) is 24.2 Å². The molecule has 1 aliphatic heterocycles. The fraction of sp³-hybridized carbons (Fsp3) is 0.222. The van der Waals surface area contributed by atoms with E-state index in [2.05, 4.69) is 24.4 Å². The van der Waals surface area contributed by atoms with Crippen LogP contribution in [0.4, 0.5) is 15.0 Å². The summed E-state index contributed by atoms with van der Waals surface area (Å²) >= 11 is 1.08. The Morgan fingerprint density at radius 3 is 2.97 bits per heavy atom. The van der Waals surface area contributed by atoms with Gasteiger partial charge in [-0.1, -0.05) is 0 Å². The van der Waals surface area contributed by atoms with Crippen molar-refractivity contribution in [3.05, 3.63) is 54.1 Å². The first kappa shape index (κ1) is 19.9. The third kappa shape index (κ3) is 4.00. The van der Waals surface area contributed by atoms with Crippen LogP contribution in [0, 0.1) is 5.82 Å². The number of hydrogen-bond donors (Lipinski definition) is 2. The van der Waals surface area contributed by atoms with Crippen molar-refractivity contribution in [1.82, 2.24) is 24.6 Å². The van der Waals surface area contributed by atoms with Gasteiger partial charge in [0.15, 0.2) is 23.1 Å². The first-order valence-corrected chi connectivity index (χ1v) is 9.66. The molecule has 0 aliphatic carbocycles. The zero-order valence-electron chi connectivity index (χ0n) is 16.0. The van der Waals surface area contributed by atoms with Gasteiger partial charge in [-0.25, -0.2) is 18.9 Å². The van der Waals surface area contributed by atoms with Crippen LogP contribution < -0.4 is 18.9 Å². The molecule has 1 unspecified atom stereocenters. The molecular weight excluding hydrogens is 415 g/mol. The van der Waals surface area contributed by atoms with E-state index in [4.69, 9.17) is 13.9 Å². The number of halogens is 1. The number of carbonyl (C=O) groups is 1. The molecule has 0 aromatic carbocycles. The summed E-state index contributed by atoms with van der Waals surface area (Å²) in [6, 6.07) is 2.59. The van der Waals surface area contributed by atoms with Gasteiger partial charge in [0.05, 0.1) is 25.0 Å². The number of ether oxygens (including phenoxy) is 2. The lowest BCUT2D eigenvalue weighted by Crippen LogP contribution is -2.39. The van der Waals surface area contributed by atoms with Crippen LogP contribution in [0.5, 0.6) is 17.6 Å². The summed E-state index contributed by atoms with van der Waals surface area (Å²) in [7, 11) is 1.69. The highest BCUT2D eigenvalue weighted by Gasteiger charge is 2.34. The van der Waals surface area contributed by atoms with Gasteiger partial charge in [-0.2, -0.15) is 4.98 Å². The number of oxazole rings is 1. The number of pyridine rings is 2. The molecule has 10 nitrogen and oxygen atoms in total. The number of amides is 1. The number of hydrogen-bond acceptors (Lipinski definition) is 10. The van der Waals surface area contributed by atoms with Crippen molar-refractivity contribution in [1.29, 1.82) is 0 Å². The van der Waals surface area contributed by atoms with Gasteiger partial charge in [-0.05, 0) is 20.0 Å². The van der Waals surface area contributed by atoms with E-state index < -0.39 is 18.0 Å². The van der Waals surface area contributed by atoms with Gasteiger partial charge in [-0.15, -0.1) is 0 Å². The molecule has 1 atom stereocenters. The van der Waals surface area contributed by atoms with Crippen molar-refractivity contribution in [3.8, 4) is 17.6 Å². The molecule has 1 amide bonds. The molecule has 30 heavy (non-hydrogen) atoms. The van der Waals surface area contributed by atoms with Gasteiger partial charge in [0.25, 0.3) is 0 Å². The highest BCUT2D eigenvalue weighted by atomic mass is 32.2. The highest BCUT2D eigenvalue weighted by molar-refractivity contribution is 7.98. The number of rotatable bonds is 7. The van der Waals surface area contributed by atoms with Crippen LogP contribution in [0.3, 0.4) is 0 Å².